The minimum Gasteiger partial charge on any atom is -0.356 e. The number of aromatic nitrogens is 2. The molecule has 1 rings (SSSR count). The Kier molecular flexibility index (Phi) is 4.95. The van der Waals surface area contributed by atoms with Gasteiger partial charge in [-0.3, -0.25) is 0 Å². The number of hydrogen-bond acceptors (Lipinski definition) is 5. The molecule has 0 spiro atoms. The van der Waals surface area contributed by atoms with E-state index in [1.54, 1.807) is 0 Å². The van der Waals surface area contributed by atoms with E-state index >= 15 is 0 Å². The highest BCUT2D eigenvalue weighted by Crippen LogP contribution is 2.30. The van der Waals surface area contributed by atoms with Gasteiger partial charge in [-0.05, 0) is 28.8 Å². The number of anilines is 2. The molecule has 90 valence electrons. The Balaban J connectivity index is 3.03. The van der Waals surface area contributed by atoms with E-state index in [-0.39, 0.29) is 0 Å². The van der Waals surface area contributed by atoms with Crippen molar-refractivity contribution in [2.75, 3.05) is 17.4 Å². The zero-order chi connectivity index (χ0) is 12.1. The highest BCUT2D eigenvalue weighted by atomic mass is 79.9. The first-order valence-corrected chi connectivity index (χ1v) is 6.14. The average molecular weight is 288 g/mol. The molecule has 0 saturated carbocycles. The molecule has 0 unspecified atom stereocenters. The molecule has 0 aliphatic carbocycles. The van der Waals surface area contributed by atoms with Crippen LogP contribution in [0.4, 0.5) is 11.6 Å². The molecule has 1 aromatic rings. The Morgan fingerprint density at radius 1 is 1.44 bits per heavy atom. The number of hydrogen-bond donors (Lipinski definition) is 2. The van der Waals surface area contributed by atoms with Crippen LogP contribution in [0.5, 0.6) is 0 Å². The van der Waals surface area contributed by atoms with Crippen molar-refractivity contribution in [2.24, 2.45) is 5.84 Å². The number of nitrogens with two attached hydrogens (primary N) is 1. The lowest BCUT2D eigenvalue weighted by Crippen LogP contribution is -2.31. The fourth-order valence-corrected chi connectivity index (χ4v) is 2.32. The molecule has 6 heteroatoms. The normalized spacial score (nSPS) is 10.6. The third-order valence-corrected chi connectivity index (χ3v) is 3.46. The van der Waals surface area contributed by atoms with Crippen molar-refractivity contribution >= 4 is 27.6 Å². The van der Waals surface area contributed by atoms with Crippen molar-refractivity contribution in [3.63, 3.8) is 0 Å². The number of nitrogen functional groups attached to an aromatic ring is 1. The van der Waals surface area contributed by atoms with Crippen LogP contribution in [-0.2, 0) is 0 Å². The van der Waals surface area contributed by atoms with E-state index < -0.39 is 0 Å². The van der Waals surface area contributed by atoms with E-state index in [4.69, 9.17) is 5.84 Å². The maximum Gasteiger partial charge on any atom is 0.159 e. The smallest absolute Gasteiger partial charge is 0.159 e. The minimum atomic E-state index is 0.469. The fraction of sp³-hybridized carbons (Fsp3) is 0.600. The van der Waals surface area contributed by atoms with Gasteiger partial charge in [0.25, 0.3) is 0 Å². The summed E-state index contributed by atoms with van der Waals surface area (Å²) in [6, 6.07) is 0.469. The first-order valence-electron chi connectivity index (χ1n) is 5.35. The lowest BCUT2D eigenvalue weighted by Gasteiger charge is -2.28. The molecule has 16 heavy (non-hydrogen) atoms. The predicted octanol–water partition coefficient (Wildman–Crippen LogP) is 2.15. The number of rotatable bonds is 5. The van der Waals surface area contributed by atoms with Gasteiger partial charge in [0, 0.05) is 13.1 Å². The predicted molar refractivity (Wildman–Crippen MR) is 70.3 cm³/mol. The number of nitrogens with zero attached hydrogens (tertiary/aromatic N) is 3. The second kappa shape index (κ2) is 6.00. The molecule has 0 radical (unpaired) electrons. The first-order chi connectivity index (χ1) is 7.65. The Labute approximate surface area is 105 Å². The molecular formula is C10H18BrN5. The van der Waals surface area contributed by atoms with E-state index in [1.165, 1.54) is 6.33 Å². The number of hydrazine groups is 1. The molecule has 0 bridgehead atoms. The second-order valence-corrected chi connectivity index (χ2v) is 4.38. The molecule has 0 aliphatic heterocycles. The summed E-state index contributed by atoms with van der Waals surface area (Å²) >= 11 is 3.46. The van der Waals surface area contributed by atoms with E-state index in [1.807, 2.05) is 7.05 Å². The van der Waals surface area contributed by atoms with Crippen molar-refractivity contribution in [3.05, 3.63) is 10.8 Å². The Hall–Kier alpha value is -0.880. The van der Waals surface area contributed by atoms with E-state index in [9.17, 15) is 0 Å². The van der Waals surface area contributed by atoms with Crippen LogP contribution >= 0.6 is 15.9 Å². The third kappa shape index (κ3) is 2.62. The van der Waals surface area contributed by atoms with Crippen LogP contribution in [0.2, 0.25) is 0 Å². The van der Waals surface area contributed by atoms with Crippen LogP contribution in [0.25, 0.3) is 0 Å². The standard InChI is InChI=1S/C10H18BrN5/c1-4-7(5-2)16(3)10-8(11)9(15-12)13-6-14-10/h6-7H,4-5,12H2,1-3H3,(H,13,14,15). The van der Waals surface area contributed by atoms with Crippen molar-refractivity contribution in [2.45, 2.75) is 32.7 Å². The summed E-state index contributed by atoms with van der Waals surface area (Å²) in [5, 5.41) is 0. The molecule has 3 N–H and O–H groups in total. The topological polar surface area (TPSA) is 67.1 Å². The highest BCUT2D eigenvalue weighted by Gasteiger charge is 2.17. The Morgan fingerprint density at radius 3 is 2.56 bits per heavy atom. The van der Waals surface area contributed by atoms with Crippen LogP contribution in [0, 0.1) is 0 Å². The van der Waals surface area contributed by atoms with Crippen molar-refractivity contribution in [1.29, 1.82) is 0 Å². The van der Waals surface area contributed by atoms with Crippen LogP contribution in [0.15, 0.2) is 10.8 Å². The average Bonchev–Trinajstić information content (AvgIpc) is 2.30. The molecule has 0 aliphatic rings. The second-order valence-electron chi connectivity index (χ2n) is 3.59. The quantitative estimate of drug-likeness (QED) is 0.642. The molecule has 0 saturated heterocycles. The molecule has 0 amide bonds. The lowest BCUT2D eigenvalue weighted by atomic mass is 10.1. The summed E-state index contributed by atoms with van der Waals surface area (Å²) in [4.78, 5) is 10.5. The van der Waals surface area contributed by atoms with Gasteiger partial charge < -0.3 is 10.3 Å². The van der Waals surface area contributed by atoms with Gasteiger partial charge in [-0.15, -0.1) is 0 Å². The van der Waals surface area contributed by atoms with Gasteiger partial charge in [-0.1, -0.05) is 13.8 Å². The van der Waals surface area contributed by atoms with Gasteiger partial charge in [-0.2, -0.15) is 0 Å². The van der Waals surface area contributed by atoms with Crippen LogP contribution < -0.4 is 16.2 Å². The lowest BCUT2D eigenvalue weighted by molar-refractivity contribution is 0.585. The molecule has 1 aromatic heterocycles. The maximum absolute atomic E-state index is 5.37. The van der Waals surface area contributed by atoms with Crippen LogP contribution in [0.1, 0.15) is 26.7 Å². The molecule has 0 aromatic carbocycles. The summed E-state index contributed by atoms with van der Waals surface area (Å²) in [6.07, 6.45) is 3.66. The molecule has 0 fully saturated rings. The summed E-state index contributed by atoms with van der Waals surface area (Å²) in [5.41, 5.74) is 2.54. The third-order valence-electron chi connectivity index (χ3n) is 2.73. The van der Waals surface area contributed by atoms with Gasteiger partial charge in [0.2, 0.25) is 0 Å². The summed E-state index contributed by atoms with van der Waals surface area (Å²) < 4.78 is 0.798. The summed E-state index contributed by atoms with van der Waals surface area (Å²) in [7, 11) is 2.03. The van der Waals surface area contributed by atoms with Crippen molar-refractivity contribution < 1.29 is 0 Å². The maximum atomic E-state index is 5.37. The number of nitrogens with one attached hydrogen (secondary N) is 1. The Bertz CT molecular complexity index is 340. The largest absolute Gasteiger partial charge is 0.356 e. The SMILES string of the molecule is CCC(CC)N(C)c1ncnc(NN)c1Br. The monoisotopic (exact) mass is 287 g/mol. The molecule has 5 nitrogen and oxygen atoms in total. The fourth-order valence-electron chi connectivity index (χ4n) is 1.72. The van der Waals surface area contributed by atoms with Crippen molar-refractivity contribution in [3.8, 4) is 0 Å². The van der Waals surface area contributed by atoms with Gasteiger partial charge >= 0.3 is 0 Å². The summed E-state index contributed by atoms with van der Waals surface area (Å²) in [5.74, 6) is 6.83. The van der Waals surface area contributed by atoms with Gasteiger partial charge in [0.1, 0.15) is 16.6 Å². The van der Waals surface area contributed by atoms with Gasteiger partial charge in [0.15, 0.2) is 5.82 Å². The van der Waals surface area contributed by atoms with Gasteiger partial charge in [0.05, 0.1) is 0 Å². The molecule has 1 heterocycles. The zero-order valence-corrected chi connectivity index (χ0v) is 11.5. The minimum absolute atomic E-state index is 0.469. The van der Waals surface area contributed by atoms with E-state index in [2.05, 4.69) is 50.1 Å². The van der Waals surface area contributed by atoms with Crippen LogP contribution in [0.3, 0.4) is 0 Å². The van der Waals surface area contributed by atoms with E-state index in [0.717, 1.165) is 23.1 Å². The van der Waals surface area contributed by atoms with E-state index in [0.29, 0.717) is 11.9 Å². The highest BCUT2D eigenvalue weighted by molar-refractivity contribution is 9.10. The molecular weight excluding hydrogens is 270 g/mol. The number of halogens is 1. The zero-order valence-electron chi connectivity index (χ0n) is 9.87. The summed E-state index contributed by atoms with van der Waals surface area (Å²) in [6.45, 7) is 4.34. The van der Waals surface area contributed by atoms with Crippen LogP contribution in [-0.4, -0.2) is 23.1 Å². The van der Waals surface area contributed by atoms with Crippen molar-refractivity contribution in [1.82, 2.24) is 9.97 Å². The first kappa shape index (κ1) is 13.2. The van der Waals surface area contributed by atoms with Gasteiger partial charge in [-0.25, -0.2) is 15.8 Å². The Morgan fingerprint density at radius 2 is 2.06 bits per heavy atom. The molecule has 0 atom stereocenters.